The first-order valence-electron chi connectivity index (χ1n) is 6.89. The number of hydrogen-bond acceptors (Lipinski definition) is 3. The van der Waals surface area contributed by atoms with E-state index in [0.29, 0.717) is 12.1 Å². The van der Waals surface area contributed by atoms with E-state index < -0.39 is 5.82 Å². The molecule has 2 atom stereocenters. The largest absolute Gasteiger partial charge is 0.384 e. The summed E-state index contributed by atoms with van der Waals surface area (Å²) in [6.07, 6.45) is 2.07. The van der Waals surface area contributed by atoms with Gasteiger partial charge in [0.25, 0.3) is 0 Å². The fourth-order valence-electron chi connectivity index (χ4n) is 3.08. The van der Waals surface area contributed by atoms with Crippen LogP contribution in [-0.4, -0.2) is 23.5 Å². The normalized spacial score (nSPS) is 24.0. The molecule has 2 aliphatic rings. The molecule has 0 radical (unpaired) electrons. The number of halogens is 1. The number of piperidine rings is 1. The van der Waals surface area contributed by atoms with Gasteiger partial charge in [-0.1, -0.05) is 11.8 Å². The van der Waals surface area contributed by atoms with E-state index >= 15 is 0 Å². The van der Waals surface area contributed by atoms with Crippen molar-refractivity contribution in [3.05, 3.63) is 29.6 Å². The number of nitrogens with zero attached hydrogens (tertiary/aromatic N) is 1. The molecule has 1 saturated heterocycles. The SMILES string of the molecule is O=C1C2CCC(C2)C(=O)N1c1ccc(F)cc1C#CCO. The standard InChI is InChI=1S/C16H14FNO3/c17-13-5-6-14(10(9-13)2-1-7-19)18-15(20)11-3-4-12(8-11)16(18)21/h5-6,9,11-12,19H,3-4,7-8H2. The zero-order valence-corrected chi connectivity index (χ0v) is 11.3. The van der Waals surface area contributed by atoms with Crippen LogP contribution in [0.5, 0.6) is 0 Å². The summed E-state index contributed by atoms with van der Waals surface area (Å²) >= 11 is 0. The summed E-state index contributed by atoms with van der Waals surface area (Å²) in [5, 5.41) is 8.78. The van der Waals surface area contributed by atoms with Gasteiger partial charge in [0.2, 0.25) is 11.8 Å². The van der Waals surface area contributed by atoms with Crippen LogP contribution in [0.15, 0.2) is 18.2 Å². The molecule has 2 amide bonds. The molecule has 1 N–H and O–H groups in total. The van der Waals surface area contributed by atoms with Gasteiger partial charge >= 0.3 is 0 Å². The first-order chi connectivity index (χ1) is 10.1. The topological polar surface area (TPSA) is 57.6 Å². The summed E-state index contributed by atoms with van der Waals surface area (Å²) in [5.41, 5.74) is 0.552. The number of imide groups is 1. The molecule has 2 unspecified atom stereocenters. The molecule has 108 valence electrons. The van der Waals surface area contributed by atoms with Crippen LogP contribution in [0.3, 0.4) is 0 Å². The van der Waals surface area contributed by atoms with Crippen molar-refractivity contribution in [1.82, 2.24) is 0 Å². The van der Waals surface area contributed by atoms with Gasteiger partial charge in [0.05, 0.1) is 11.3 Å². The Kier molecular flexibility index (Phi) is 3.48. The van der Waals surface area contributed by atoms with E-state index in [2.05, 4.69) is 11.8 Å². The van der Waals surface area contributed by atoms with Crippen LogP contribution < -0.4 is 4.90 Å². The first kappa shape index (κ1) is 13.8. The molecule has 1 aliphatic carbocycles. The molecule has 5 heteroatoms. The van der Waals surface area contributed by atoms with Crippen molar-refractivity contribution in [1.29, 1.82) is 0 Å². The number of hydrogen-bond donors (Lipinski definition) is 1. The predicted octanol–water partition coefficient (Wildman–Crippen LogP) is 1.46. The van der Waals surface area contributed by atoms with Gasteiger partial charge in [-0.15, -0.1) is 0 Å². The quantitative estimate of drug-likeness (QED) is 0.628. The van der Waals surface area contributed by atoms with Crippen LogP contribution in [-0.2, 0) is 9.59 Å². The van der Waals surface area contributed by atoms with E-state index in [9.17, 15) is 14.0 Å². The van der Waals surface area contributed by atoms with Crippen molar-refractivity contribution in [2.75, 3.05) is 11.5 Å². The highest BCUT2D eigenvalue weighted by molar-refractivity contribution is 6.19. The number of aliphatic hydroxyl groups excluding tert-OH is 1. The molecule has 1 aromatic carbocycles. The smallest absolute Gasteiger partial charge is 0.236 e. The van der Waals surface area contributed by atoms with Crippen molar-refractivity contribution in [2.45, 2.75) is 19.3 Å². The Morgan fingerprint density at radius 2 is 1.90 bits per heavy atom. The zero-order chi connectivity index (χ0) is 15.0. The average molecular weight is 287 g/mol. The molecule has 1 aromatic rings. The molecule has 0 aromatic heterocycles. The molecule has 2 bridgehead atoms. The minimum absolute atomic E-state index is 0.128. The number of carbonyl (C=O) groups excluding carboxylic acids is 2. The van der Waals surface area contributed by atoms with Crippen molar-refractivity contribution in [2.24, 2.45) is 11.8 Å². The second-order valence-electron chi connectivity index (χ2n) is 5.34. The maximum atomic E-state index is 13.4. The number of amides is 2. The fourth-order valence-corrected chi connectivity index (χ4v) is 3.08. The molecular formula is C16H14FNO3. The lowest BCUT2D eigenvalue weighted by Crippen LogP contribution is -2.46. The van der Waals surface area contributed by atoms with E-state index in [1.807, 2.05) is 0 Å². The van der Waals surface area contributed by atoms with Gasteiger partial charge in [0.15, 0.2) is 0 Å². The maximum Gasteiger partial charge on any atom is 0.236 e. The lowest BCUT2D eigenvalue weighted by Gasteiger charge is -2.30. The average Bonchev–Trinajstić information content (AvgIpc) is 2.92. The highest BCUT2D eigenvalue weighted by Gasteiger charge is 2.46. The Hall–Kier alpha value is -2.19. The van der Waals surface area contributed by atoms with Crippen LogP contribution in [0.4, 0.5) is 10.1 Å². The minimum atomic E-state index is -0.499. The van der Waals surface area contributed by atoms with E-state index in [4.69, 9.17) is 5.11 Å². The Balaban J connectivity index is 2.07. The number of aliphatic hydroxyl groups is 1. The molecule has 2 fully saturated rings. The summed E-state index contributed by atoms with van der Waals surface area (Å²) in [5.74, 6) is 3.82. The zero-order valence-electron chi connectivity index (χ0n) is 11.3. The third-order valence-corrected chi connectivity index (χ3v) is 4.07. The van der Waals surface area contributed by atoms with Crippen molar-refractivity contribution >= 4 is 17.5 Å². The monoisotopic (exact) mass is 287 g/mol. The molecule has 1 heterocycles. The summed E-state index contributed by atoms with van der Waals surface area (Å²) in [4.78, 5) is 26.0. The lowest BCUT2D eigenvalue weighted by atomic mass is 9.95. The molecule has 0 spiro atoms. The number of anilines is 1. The summed E-state index contributed by atoms with van der Waals surface area (Å²) in [6.45, 7) is -0.372. The molecule has 4 nitrogen and oxygen atoms in total. The minimum Gasteiger partial charge on any atom is -0.384 e. The summed E-state index contributed by atoms with van der Waals surface area (Å²) in [7, 11) is 0. The first-order valence-corrected chi connectivity index (χ1v) is 6.89. The summed E-state index contributed by atoms with van der Waals surface area (Å²) in [6, 6.07) is 3.78. The van der Waals surface area contributed by atoms with Crippen LogP contribution >= 0.6 is 0 Å². The molecule has 1 saturated carbocycles. The van der Waals surface area contributed by atoms with Gasteiger partial charge in [0.1, 0.15) is 12.4 Å². The Bertz CT molecular complexity index is 652. The summed E-state index contributed by atoms with van der Waals surface area (Å²) < 4.78 is 13.4. The van der Waals surface area contributed by atoms with Crippen molar-refractivity contribution in [3.8, 4) is 11.8 Å². The van der Waals surface area contributed by atoms with Gasteiger partial charge in [-0.2, -0.15) is 0 Å². The van der Waals surface area contributed by atoms with Crippen LogP contribution in [0.25, 0.3) is 0 Å². The van der Waals surface area contributed by atoms with E-state index in [1.165, 1.54) is 18.2 Å². The van der Waals surface area contributed by atoms with Gasteiger partial charge in [-0.3, -0.25) is 9.59 Å². The third-order valence-electron chi connectivity index (χ3n) is 4.07. The molecule has 3 rings (SSSR count). The van der Waals surface area contributed by atoms with Crippen LogP contribution in [0.2, 0.25) is 0 Å². The number of rotatable bonds is 1. The Morgan fingerprint density at radius 3 is 2.52 bits per heavy atom. The lowest BCUT2D eigenvalue weighted by molar-refractivity contribution is -0.133. The Morgan fingerprint density at radius 1 is 1.24 bits per heavy atom. The molecule has 21 heavy (non-hydrogen) atoms. The van der Waals surface area contributed by atoms with Crippen molar-refractivity contribution in [3.63, 3.8) is 0 Å². The van der Waals surface area contributed by atoms with Gasteiger partial charge in [-0.05, 0) is 37.5 Å². The predicted molar refractivity (Wildman–Crippen MR) is 73.7 cm³/mol. The van der Waals surface area contributed by atoms with Crippen LogP contribution in [0, 0.1) is 29.5 Å². The van der Waals surface area contributed by atoms with E-state index in [-0.39, 0.29) is 35.8 Å². The Labute approximate surface area is 121 Å². The van der Waals surface area contributed by atoms with Crippen molar-refractivity contribution < 1.29 is 19.1 Å². The molecular weight excluding hydrogens is 273 g/mol. The maximum absolute atomic E-state index is 13.4. The highest BCUT2D eigenvalue weighted by Crippen LogP contribution is 2.40. The van der Waals surface area contributed by atoms with Crippen LogP contribution in [0.1, 0.15) is 24.8 Å². The second-order valence-corrected chi connectivity index (χ2v) is 5.34. The van der Waals surface area contributed by atoms with E-state index in [0.717, 1.165) is 17.7 Å². The van der Waals surface area contributed by atoms with Gasteiger partial charge in [0, 0.05) is 11.8 Å². The highest BCUT2D eigenvalue weighted by atomic mass is 19.1. The van der Waals surface area contributed by atoms with Gasteiger partial charge in [-0.25, -0.2) is 9.29 Å². The number of benzene rings is 1. The number of fused-ring (bicyclic) bond motifs is 2. The number of carbonyl (C=O) groups is 2. The molecule has 1 aliphatic heterocycles. The van der Waals surface area contributed by atoms with Gasteiger partial charge < -0.3 is 5.11 Å². The van der Waals surface area contributed by atoms with E-state index in [1.54, 1.807) is 0 Å². The second kappa shape index (κ2) is 5.30. The third kappa shape index (κ3) is 2.32. The fraction of sp³-hybridized carbons (Fsp3) is 0.375.